The number of benzene rings is 3. The van der Waals surface area contributed by atoms with Crippen molar-refractivity contribution in [1.82, 2.24) is 4.90 Å². The SMILES string of the molecule is COc1ccc(CN2C(=S)N(c3ccccc3)C(=O)[C@H]2CC(=O)Nc2ccc(OC)cc2)cc1. The van der Waals surface area contributed by atoms with Crippen molar-refractivity contribution in [3.05, 3.63) is 84.4 Å². The summed E-state index contributed by atoms with van der Waals surface area (Å²) < 4.78 is 10.4. The Balaban J connectivity index is 1.56. The van der Waals surface area contributed by atoms with Gasteiger partial charge in [0.1, 0.15) is 17.5 Å². The molecule has 3 aromatic rings. The van der Waals surface area contributed by atoms with Crippen LogP contribution < -0.4 is 19.7 Å². The Morgan fingerprint density at radius 2 is 1.50 bits per heavy atom. The lowest BCUT2D eigenvalue weighted by Crippen LogP contribution is -2.37. The van der Waals surface area contributed by atoms with Gasteiger partial charge in [0, 0.05) is 12.2 Å². The minimum absolute atomic E-state index is 0.0372. The number of ether oxygens (including phenoxy) is 2. The van der Waals surface area contributed by atoms with Crippen molar-refractivity contribution in [2.45, 2.75) is 19.0 Å². The largest absolute Gasteiger partial charge is 0.497 e. The Bertz CT molecular complexity index is 1170. The average Bonchev–Trinajstić information content (AvgIpc) is 3.09. The van der Waals surface area contributed by atoms with Crippen LogP contribution in [0.4, 0.5) is 11.4 Å². The maximum atomic E-state index is 13.5. The van der Waals surface area contributed by atoms with E-state index >= 15 is 0 Å². The maximum Gasteiger partial charge on any atom is 0.256 e. The fraction of sp³-hybridized carbons (Fsp3) is 0.192. The van der Waals surface area contributed by atoms with Crippen molar-refractivity contribution >= 4 is 40.5 Å². The molecule has 3 aromatic carbocycles. The molecule has 34 heavy (non-hydrogen) atoms. The third-order valence-electron chi connectivity index (χ3n) is 5.60. The molecule has 0 aliphatic carbocycles. The third kappa shape index (κ3) is 5.02. The number of hydrogen-bond donors (Lipinski definition) is 1. The number of amides is 2. The number of hydrogen-bond acceptors (Lipinski definition) is 5. The molecule has 1 aliphatic rings. The molecule has 2 amide bonds. The molecule has 1 atom stereocenters. The molecule has 0 unspecified atom stereocenters. The summed E-state index contributed by atoms with van der Waals surface area (Å²) in [5.41, 5.74) is 2.25. The van der Waals surface area contributed by atoms with E-state index in [0.717, 1.165) is 11.3 Å². The molecule has 4 rings (SSSR count). The zero-order valence-electron chi connectivity index (χ0n) is 18.9. The van der Waals surface area contributed by atoms with E-state index in [4.69, 9.17) is 21.7 Å². The van der Waals surface area contributed by atoms with E-state index in [1.807, 2.05) is 54.6 Å². The molecule has 0 spiro atoms. The molecule has 1 fully saturated rings. The molecule has 1 aliphatic heterocycles. The summed E-state index contributed by atoms with van der Waals surface area (Å²) in [5, 5.41) is 3.23. The van der Waals surface area contributed by atoms with E-state index in [1.54, 1.807) is 43.4 Å². The van der Waals surface area contributed by atoms with Crippen LogP contribution in [0, 0.1) is 0 Å². The van der Waals surface area contributed by atoms with Gasteiger partial charge in [-0.1, -0.05) is 30.3 Å². The third-order valence-corrected chi connectivity index (χ3v) is 6.01. The summed E-state index contributed by atoms with van der Waals surface area (Å²) in [5.74, 6) is 0.930. The maximum absolute atomic E-state index is 13.5. The Kier molecular flexibility index (Phi) is 7.08. The van der Waals surface area contributed by atoms with Crippen LogP contribution in [0.3, 0.4) is 0 Å². The quantitative estimate of drug-likeness (QED) is 0.492. The second kappa shape index (κ2) is 10.4. The second-order valence-electron chi connectivity index (χ2n) is 7.76. The zero-order chi connectivity index (χ0) is 24.1. The summed E-state index contributed by atoms with van der Waals surface area (Å²) >= 11 is 5.72. The molecule has 8 heteroatoms. The Hall–Kier alpha value is -3.91. The highest BCUT2D eigenvalue weighted by Crippen LogP contribution is 2.29. The Morgan fingerprint density at radius 1 is 0.912 bits per heavy atom. The number of carbonyl (C=O) groups excluding carboxylic acids is 2. The van der Waals surface area contributed by atoms with Crippen molar-refractivity contribution < 1.29 is 19.1 Å². The number of methoxy groups -OCH3 is 2. The predicted octanol–water partition coefficient (Wildman–Crippen LogP) is 4.23. The van der Waals surface area contributed by atoms with Crippen LogP contribution in [0.5, 0.6) is 11.5 Å². The summed E-state index contributed by atoms with van der Waals surface area (Å²) in [4.78, 5) is 29.7. The van der Waals surface area contributed by atoms with Gasteiger partial charge in [0.15, 0.2) is 5.11 Å². The predicted molar refractivity (Wildman–Crippen MR) is 135 cm³/mol. The molecule has 7 nitrogen and oxygen atoms in total. The van der Waals surface area contributed by atoms with Crippen molar-refractivity contribution in [2.24, 2.45) is 0 Å². The lowest BCUT2D eigenvalue weighted by molar-refractivity contribution is -0.124. The van der Waals surface area contributed by atoms with E-state index in [2.05, 4.69) is 5.32 Å². The number of para-hydroxylation sites is 1. The van der Waals surface area contributed by atoms with Crippen LogP contribution >= 0.6 is 12.2 Å². The Morgan fingerprint density at radius 3 is 2.09 bits per heavy atom. The number of nitrogens with zero attached hydrogens (tertiary/aromatic N) is 2. The average molecular weight is 476 g/mol. The van der Waals surface area contributed by atoms with Crippen molar-refractivity contribution in [1.29, 1.82) is 0 Å². The summed E-state index contributed by atoms with van der Waals surface area (Å²) in [6.45, 7) is 0.387. The van der Waals surface area contributed by atoms with Gasteiger partial charge in [-0.3, -0.25) is 14.5 Å². The van der Waals surface area contributed by atoms with Gasteiger partial charge in [-0.05, 0) is 66.3 Å². The second-order valence-corrected chi connectivity index (χ2v) is 8.13. The van der Waals surface area contributed by atoms with E-state index in [0.29, 0.717) is 28.8 Å². The summed E-state index contributed by atoms with van der Waals surface area (Å²) in [7, 11) is 3.19. The van der Waals surface area contributed by atoms with E-state index in [9.17, 15) is 9.59 Å². The first kappa shape index (κ1) is 23.3. The molecule has 0 aromatic heterocycles. The molecule has 1 N–H and O–H groups in total. The lowest BCUT2D eigenvalue weighted by Gasteiger charge is -2.24. The molecule has 174 valence electrons. The first-order valence-electron chi connectivity index (χ1n) is 10.8. The van der Waals surface area contributed by atoms with Gasteiger partial charge in [0.25, 0.3) is 5.91 Å². The molecular formula is C26H25N3O4S. The molecule has 1 heterocycles. The van der Waals surface area contributed by atoms with Crippen molar-refractivity contribution in [3.63, 3.8) is 0 Å². The monoisotopic (exact) mass is 475 g/mol. The van der Waals surface area contributed by atoms with Gasteiger partial charge in [-0.25, -0.2) is 0 Å². The number of thiocarbonyl (C=S) groups is 1. The van der Waals surface area contributed by atoms with E-state index in [-0.39, 0.29) is 18.2 Å². The molecule has 0 saturated carbocycles. The highest BCUT2D eigenvalue weighted by Gasteiger charge is 2.44. The van der Waals surface area contributed by atoms with Gasteiger partial charge >= 0.3 is 0 Å². The number of rotatable bonds is 8. The minimum atomic E-state index is -0.729. The number of anilines is 2. The van der Waals surface area contributed by atoms with Crippen LogP contribution in [-0.4, -0.2) is 42.1 Å². The summed E-state index contributed by atoms with van der Waals surface area (Å²) in [6.07, 6.45) is -0.0372. The normalized spacial score (nSPS) is 15.4. The summed E-state index contributed by atoms with van der Waals surface area (Å²) in [6, 6.07) is 23.1. The van der Waals surface area contributed by atoms with Gasteiger partial charge in [0.05, 0.1) is 26.3 Å². The fourth-order valence-corrected chi connectivity index (χ4v) is 4.21. The van der Waals surface area contributed by atoms with E-state index < -0.39 is 6.04 Å². The van der Waals surface area contributed by atoms with Crippen LogP contribution in [-0.2, 0) is 16.1 Å². The zero-order valence-corrected chi connectivity index (χ0v) is 19.7. The smallest absolute Gasteiger partial charge is 0.256 e. The molecular weight excluding hydrogens is 450 g/mol. The standard InChI is InChI=1S/C26H25N3O4S/c1-32-21-12-8-18(9-13-21)17-28-23(16-24(30)27-19-10-14-22(33-2)15-11-19)25(31)29(26(28)34)20-6-4-3-5-7-20/h3-15,23H,16-17H2,1-2H3,(H,27,30)/t23-/m1/s1. The van der Waals surface area contributed by atoms with Crippen LogP contribution in [0.1, 0.15) is 12.0 Å². The van der Waals surface area contributed by atoms with Gasteiger partial charge < -0.3 is 19.7 Å². The minimum Gasteiger partial charge on any atom is -0.497 e. The Labute approximate surface area is 203 Å². The van der Waals surface area contributed by atoms with Crippen LogP contribution in [0.15, 0.2) is 78.9 Å². The fourth-order valence-electron chi connectivity index (χ4n) is 3.82. The topological polar surface area (TPSA) is 71.1 Å². The molecule has 1 saturated heterocycles. The molecule has 0 bridgehead atoms. The van der Waals surface area contributed by atoms with Gasteiger partial charge in [-0.15, -0.1) is 0 Å². The van der Waals surface area contributed by atoms with Gasteiger partial charge in [0.2, 0.25) is 5.91 Å². The van der Waals surface area contributed by atoms with Crippen molar-refractivity contribution in [3.8, 4) is 11.5 Å². The van der Waals surface area contributed by atoms with E-state index in [1.165, 1.54) is 4.90 Å². The first-order chi connectivity index (χ1) is 16.5. The highest BCUT2D eigenvalue weighted by molar-refractivity contribution is 7.80. The van der Waals surface area contributed by atoms with Gasteiger partial charge in [-0.2, -0.15) is 0 Å². The lowest BCUT2D eigenvalue weighted by atomic mass is 10.1. The first-order valence-corrected chi connectivity index (χ1v) is 11.2. The van der Waals surface area contributed by atoms with Crippen LogP contribution in [0.25, 0.3) is 0 Å². The number of carbonyl (C=O) groups is 2. The van der Waals surface area contributed by atoms with Crippen LogP contribution in [0.2, 0.25) is 0 Å². The highest BCUT2D eigenvalue weighted by atomic mass is 32.1. The molecule has 0 radical (unpaired) electrons. The van der Waals surface area contributed by atoms with Crippen molar-refractivity contribution in [2.75, 3.05) is 24.4 Å². The number of nitrogens with one attached hydrogen (secondary N) is 1.